The maximum atomic E-state index is 5.97. The van der Waals surface area contributed by atoms with Crippen molar-refractivity contribution in [1.82, 2.24) is 0 Å². The van der Waals surface area contributed by atoms with Gasteiger partial charge >= 0.3 is 0 Å². The van der Waals surface area contributed by atoms with Crippen LogP contribution in [0.15, 0.2) is 22.0 Å². The number of anilines is 1. The summed E-state index contributed by atoms with van der Waals surface area (Å²) in [6.45, 7) is 2.63. The van der Waals surface area contributed by atoms with Gasteiger partial charge in [-0.3, -0.25) is 0 Å². The predicted octanol–water partition coefficient (Wildman–Crippen LogP) is 3.64. The number of fused-ring (bicyclic) bond motifs is 1. The summed E-state index contributed by atoms with van der Waals surface area (Å²) in [5.74, 6) is 0.881. The second-order valence-corrected chi connectivity index (χ2v) is 4.63. The lowest BCUT2D eigenvalue weighted by atomic mass is 10.2. The molecule has 0 saturated carbocycles. The summed E-state index contributed by atoms with van der Waals surface area (Å²) >= 11 is 5.06. The van der Waals surface area contributed by atoms with Gasteiger partial charge in [0.05, 0.1) is 17.7 Å². The minimum absolute atomic E-state index is 0.664. The minimum Gasteiger partial charge on any atom is -0.492 e. The number of halogens is 1. The largest absolute Gasteiger partial charge is 0.492 e. The standard InChI is InChI=1S/C10H10BrNOS/c1-2-13-7-5-14-8-4-3-6(11)10(12)9(7)8/h3-5H,2,12H2,1H3. The number of nitrogens with two attached hydrogens (primary N) is 1. The lowest BCUT2D eigenvalue weighted by Gasteiger charge is -2.04. The van der Waals surface area contributed by atoms with Gasteiger partial charge in [-0.1, -0.05) is 0 Å². The molecule has 0 bridgehead atoms. The predicted molar refractivity (Wildman–Crippen MR) is 65.1 cm³/mol. The van der Waals surface area contributed by atoms with Crippen LogP contribution in [0, 0.1) is 0 Å². The number of ether oxygens (including phenoxy) is 1. The topological polar surface area (TPSA) is 35.2 Å². The molecule has 14 heavy (non-hydrogen) atoms. The van der Waals surface area contributed by atoms with Gasteiger partial charge in [0, 0.05) is 14.6 Å². The maximum Gasteiger partial charge on any atom is 0.139 e. The van der Waals surface area contributed by atoms with Gasteiger partial charge in [-0.2, -0.15) is 0 Å². The van der Waals surface area contributed by atoms with E-state index in [9.17, 15) is 0 Å². The van der Waals surface area contributed by atoms with Crippen LogP contribution in [0.3, 0.4) is 0 Å². The average molecular weight is 272 g/mol. The third-order valence-corrected chi connectivity index (χ3v) is 3.61. The van der Waals surface area contributed by atoms with E-state index < -0.39 is 0 Å². The van der Waals surface area contributed by atoms with Crippen LogP contribution in [0.5, 0.6) is 5.75 Å². The molecular formula is C10H10BrNOS. The van der Waals surface area contributed by atoms with Crippen LogP contribution in [-0.4, -0.2) is 6.61 Å². The van der Waals surface area contributed by atoms with Gasteiger partial charge in [0.25, 0.3) is 0 Å². The first-order chi connectivity index (χ1) is 6.74. The Labute approximate surface area is 94.8 Å². The smallest absolute Gasteiger partial charge is 0.139 e. The SMILES string of the molecule is CCOc1csc2ccc(Br)c(N)c12. The lowest BCUT2D eigenvalue weighted by Crippen LogP contribution is -1.92. The number of thiophene rings is 1. The van der Waals surface area contributed by atoms with E-state index in [2.05, 4.69) is 15.9 Å². The molecule has 2 rings (SSSR count). The second-order valence-electron chi connectivity index (χ2n) is 2.87. The zero-order chi connectivity index (χ0) is 10.1. The molecule has 1 aromatic carbocycles. The number of hydrogen-bond acceptors (Lipinski definition) is 3. The van der Waals surface area contributed by atoms with Gasteiger partial charge in [0.15, 0.2) is 0 Å². The second kappa shape index (κ2) is 3.79. The summed E-state index contributed by atoms with van der Waals surface area (Å²) in [5, 5.41) is 3.02. The highest BCUT2D eigenvalue weighted by atomic mass is 79.9. The zero-order valence-corrected chi connectivity index (χ0v) is 10.1. The highest BCUT2D eigenvalue weighted by Gasteiger charge is 2.10. The quantitative estimate of drug-likeness (QED) is 0.847. The Hall–Kier alpha value is -0.740. The van der Waals surface area contributed by atoms with Gasteiger partial charge in [-0.15, -0.1) is 11.3 Å². The van der Waals surface area contributed by atoms with E-state index in [1.807, 2.05) is 24.4 Å². The fourth-order valence-electron chi connectivity index (χ4n) is 1.36. The lowest BCUT2D eigenvalue weighted by molar-refractivity contribution is 0.345. The van der Waals surface area contributed by atoms with E-state index in [4.69, 9.17) is 10.5 Å². The maximum absolute atomic E-state index is 5.97. The van der Waals surface area contributed by atoms with E-state index in [0.717, 1.165) is 26.0 Å². The molecule has 2 nitrogen and oxygen atoms in total. The molecule has 2 N–H and O–H groups in total. The molecule has 0 aliphatic heterocycles. The molecular weight excluding hydrogens is 262 g/mol. The van der Waals surface area contributed by atoms with E-state index in [1.54, 1.807) is 11.3 Å². The van der Waals surface area contributed by atoms with E-state index in [1.165, 1.54) is 0 Å². The molecule has 4 heteroatoms. The van der Waals surface area contributed by atoms with Gasteiger partial charge < -0.3 is 10.5 Å². The molecule has 0 saturated heterocycles. The first kappa shape index (κ1) is 9.80. The highest BCUT2D eigenvalue weighted by molar-refractivity contribution is 9.10. The molecule has 0 unspecified atom stereocenters. The summed E-state index contributed by atoms with van der Waals surface area (Å²) in [5.41, 5.74) is 6.73. The molecule has 0 aliphatic rings. The van der Waals surface area contributed by atoms with Crippen molar-refractivity contribution in [2.75, 3.05) is 12.3 Å². The third kappa shape index (κ3) is 1.48. The fourth-order valence-corrected chi connectivity index (χ4v) is 2.59. The Morgan fingerprint density at radius 2 is 2.29 bits per heavy atom. The first-order valence-electron chi connectivity index (χ1n) is 4.32. The van der Waals surface area contributed by atoms with E-state index >= 15 is 0 Å². The Morgan fingerprint density at radius 3 is 3.00 bits per heavy atom. The van der Waals surface area contributed by atoms with Crippen LogP contribution in [0.25, 0.3) is 10.1 Å². The van der Waals surface area contributed by atoms with Gasteiger partial charge in [-0.25, -0.2) is 0 Å². The van der Waals surface area contributed by atoms with Crippen molar-refractivity contribution >= 4 is 43.0 Å². The van der Waals surface area contributed by atoms with Crippen LogP contribution in [-0.2, 0) is 0 Å². The molecule has 0 atom stereocenters. The highest BCUT2D eigenvalue weighted by Crippen LogP contribution is 2.39. The molecule has 0 fully saturated rings. The average Bonchev–Trinajstić information content (AvgIpc) is 2.57. The number of benzene rings is 1. The van der Waals surface area contributed by atoms with Crippen LogP contribution >= 0.6 is 27.3 Å². The van der Waals surface area contributed by atoms with E-state index in [0.29, 0.717) is 6.61 Å². The van der Waals surface area contributed by atoms with Crippen molar-refractivity contribution in [2.24, 2.45) is 0 Å². The van der Waals surface area contributed by atoms with Crippen LogP contribution < -0.4 is 10.5 Å². The molecule has 2 aromatic rings. The number of rotatable bonds is 2. The summed E-state index contributed by atoms with van der Waals surface area (Å²) in [4.78, 5) is 0. The van der Waals surface area contributed by atoms with Crippen molar-refractivity contribution in [3.05, 3.63) is 22.0 Å². The van der Waals surface area contributed by atoms with Crippen LogP contribution in [0.2, 0.25) is 0 Å². The Morgan fingerprint density at radius 1 is 1.50 bits per heavy atom. The van der Waals surface area contributed by atoms with Gasteiger partial charge in [-0.05, 0) is 35.0 Å². The summed E-state index contributed by atoms with van der Waals surface area (Å²) in [6.07, 6.45) is 0. The fraction of sp³-hybridized carbons (Fsp3) is 0.200. The van der Waals surface area contributed by atoms with Crippen molar-refractivity contribution in [3.63, 3.8) is 0 Å². The monoisotopic (exact) mass is 271 g/mol. The molecule has 74 valence electrons. The Bertz CT molecular complexity index is 466. The molecule has 0 aliphatic carbocycles. The Kier molecular flexibility index (Phi) is 2.65. The van der Waals surface area contributed by atoms with Gasteiger partial charge in [0.1, 0.15) is 5.75 Å². The molecule has 0 amide bonds. The number of nitrogen functional groups attached to an aromatic ring is 1. The van der Waals surface area contributed by atoms with Gasteiger partial charge in [0.2, 0.25) is 0 Å². The van der Waals surface area contributed by atoms with Crippen molar-refractivity contribution in [2.45, 2.75) is 6.92 Å². The number of hydrogen-bond donors (Lipinski definition) is 1. The first-order valence-corrected chi connectivity index (χ1v) is 5.99. The minimum atomic E-state index is 0.664. The summed E-state index contributed by atoms with van der Waals surface area (Å²) in [7, 11) is 0. The zero-order valence-electron chi connectivity index (χ0n) is 7.71. The Balaban J connectivity index is 2.69. The normalized spacial score (nSPS) is 10.7. The molecule has 0 radical (unpaired) electrons. The van der Waals surface area contributed by atoms with E-state index in [-0.39, 0.29) is 0 Å². The summed E-state index contributed by atoms with van der Waals surface area (Å²) < 4.78 is 7.59. The molecule has 1 heterocycles. The van der Waals surface area contributed by atoms with Crippen molar-refractivity contribution in [3.8, 4) is 5.75 Å². The van der Waals surface area contributed by atoms with Crippen molar-refractivity contribution in [1.29, 1.82) is 0 Å². The summed E-state index contributed by atoms with van der Waals surface area (Å²) in [6, 6.07) is 4.01. The molecule has 1 aromatic heterocycles. The van der Waals surface area contributed by atoms with Crippen LogP contribution in [0.1, 0.15) is 6.92 Å². The molecule has 0 spiro atoms. The van der Waals surface area contributed by atoms with Crippen LogP contribution in [0.4, 0.5) is 5.69 Å². The third-order valence-electron chi connectivity index (χ3n) is 1.99. The van der Waals surface area contributed by atoms with Crippen molar-refractivity contribution < 1.29 is 4.74 Å².